The van der Waals surface area contributed by atoms with Gasteiger partial charge in [-0.05, 0) is 30.7 Å². The summed E-state index contributed by atoms with van der Waals surface area (Å²) in [5.74, 6) is 0.559. The number of aromatic nitrogens is 1. The number of rotatable bonds is 5. The molecular formula is C16H18N2O3S. The number of nitrogens with zero attached hydrogens (tertiary/aromatic N) is 1. The fourth-order valence-electron chi connectivity index (χ4n) is 2.17. The average Bonchev–Trinajstić information content (AvgIpc) is 2.45. The summed E-state index contributed by atoms with van der Waals surface area (Å²) in [6, 6.07) is 7.02. The van der Waals surface area contributed by atoms with Gasteiger partial charge in [0.05, 0.1) is 19.1 Å². The number of pyridine rings is 1. The van der Waals surface area contributed by atoms with E-state index < -0.39 is 10.0 Å². The van der Waals surface area contributed by atoms with E-state index >= 15 is 0 Å². The van der Waals surface area contributed by atoms with Crippen LogP contribution in [-0.4, -0.2) is 26.8 Å². The molecule has 0 fully saturated rings. The van der Waals surface area contributed by atoms with Gasteiger partial charge in [0, 0.05) is 29.6 Å². The lowest BCUT2D eigenvalue weighted by Gasteiger charge is -2.14. The van der Waals surface area contributed by atoms with Gasteiger partial charge in [0.15, 0.2) is 0 Å². The molecule has 2 rings (SSSR count). The Balaban J connectivity index is 2.55. The maximum Gasteiger partial charge on any atom is 0.229 e. The minimum Gasteiger partial charge on any atom is -0.496 e. The van der Waals surface area contributed by atoms with Gasteiger partial charge in [-0.25, -0.2) is 8.42 Å². The van der Waals surface area contributed by atoms with E-state index in [0.717, 1.165) is 28.5 Å². The molecule has 2 aromatic rings. The summed E-state index contributed by atoms with van der Waals surface area (Å²) in [6.45, 7) is 5.89. The van der Waals surface area contributed by atoms with E-state index in [1.807, 2.05) is 13.0 Å². The Labute approximate surface area is 130 Å². The zero-order chi connectivity index (χ0) is 16.3. The Kier molecular flexibility index (Phi) is 4.51. The van der Waals surface area contributed by atoms with Crippen LogP contribution in [0.3, 0.4) is 0 Å². The van der Waals surface area contributed by atoms with Gasteiger partial charge in [-0.3, -0.25) is 9.71 Å². The molecule has 1 aromatic carbocycles. The van der Waals surface area contributed by atoms with Crippen molar-refractivity contribution in [2.24, 2.45) is 0 Å². The second-order valence-electron chi connectivity index (χ2n) is 4.99. The van der Waals surface area contributed by atoms with E-state index in [0.29, 0.717) is 11.4 Å². The molecule has 0 aliphatic heterocycles. The number of anilines is 1. The molecule has 22 heavy (non-hydrogen) atoms. The molecule has 6 heteroatoms. The van der Waals surface area contributed by atoms with Crippen LogP contribution in [0.5, 0.6) is 5.75 Å². The Hall–Kier alpha value is -2.34. The van der Waals surface area contributed by atoms with E-state index in [1.54, 1.807) is 37.7 Å². The molecule has 1 heterocycles. The molecular weight excluding hydrogens is 300 g/mol. The van der Waals surface area contributed by atoms with Gasteiger partial charge in [0.2, 0.25) is 10.0 Å². The van der Waals surface area contributed by atoms with Crippen LogP contribution < -0.4 is 9.46 Å². The molecule has 0 aliphatic carbocycles. The van der Waals surface area contributed by atoms with Crippen LogP contribution in [0, 0.1) is 0 Å². The molecule has 116 valence electrons. The largest absolute Gasteiger partial charge is 0.496 e. The zero-order valence-electron chi connectivity index (χ0n) is 12.8. The van der Waals surface area contributed by atoms with Gasteiger partial charge in [0.1, 0.15) is 5.75 Å². The van der Waals surface area contributed by atoms with Crippen molar-refractivity contribution >= 4 is 21.3 Å². The monoisotopic (exact) mass is 318 g/mol. The summed E-state index contributed by atoms with van der Waals surface area (Å²) in [7, 11) is -1.79. The van der Waals surface area contributed by atoms with Crippen LogP contribution in [0.25, 0.3) is 16.7 Å². The molecule has 0 saturated heterocycles. The van der Waals surface area contributed by atoms with Crippen LogP contribution >= 0.6 is 0 Å². The molecule has 0 atom stereocenters. The van der Waals surface area contributed by atoms with Gasteiger partial charge >= 0.3 is 0 Å². The van der Waals surface area contributed by atoms with Crippen LogP contribution in [0.15, 0.2) is 43.2 Å². The maximum atomic E-state index is 11.3. The van der Waals surface area contributed by atoms with E-state index in [-0.39, 0.29) is 0 Å². The minimum absolute atomic E-state index is 0.448. The zero-order valence-corrected chi connectivity index (χ0v) is 13.6. The van der Waals surface area contributed by atoms with Crippen LogP contribution in [-0.2, 0) is 10.0 Å². The van der Waals surface area contributed by atoms with Crippen LogP contribution in [0.4, 0.5) is 5.69 Å². The van der Waals surface area contributed by atoms with Crippen LogP contribution in [0.1, 0.15) is 12.5 Å². The highest BCUT2D eigenvalue weighted by molar-refractivity contribution is 7.92. The quantitative estimate of drug-likeness (QED) is 0.919. The highest BCUT2D eigenvalue weighted by Crippen LogP contribution is 2.36. The average molecular weight is 318 g/mol. The molecule has 0 unspecified atom stereocenters. The predicted molar refractivity (Wildman–Crippen MR) is 89.4 cm³/mol. The molecule has 0 bridgehead atoms. The topological polar surface area (TPSA) is 68.3 Å². The third kappa shape index (κ3) is 3.65. The maximum absolute atomic E-state index is 11.3. The fraction of sp³-hybridized carbons (Fsp3) is 0.188. The Bertz CT molecular complexity index is 814. The van der Waals surface area contributed by atoms with Crippen molar-refractivity contribution in [2.75, 3.05) is 18.1 Å². The van der Waals surface area contributed by atoms with Gasteiger partial charge in [-0.1, -0.05) is 12.2 Å². The summed E-state index contributed by atoms with van der Waals surface area (Å²) in [5.41, 5.74) is 4.05. The lowest BCUT2D eigenvalue weighted by molar-refractivity contribution is 0.416. The molecule has 5 nitrogen and oxygen atoms in total. The Morgan fingerprint density at radius 3 is 2.59 bits per heavy atom. The van der Waals surface area contributed by atoms with E-state index in [9.17, 15) is 8.42 Å². The molecule has 0 saturated carbocycles. The SMILES string of the molecule is C=C(C)c1ccncc1-c1ccc(NS(C)(=O)=O)cc1OC. The van der Waals surface area contributed by atoms with Gasteiger partial charge in [-0.15, -0.1) is 0 Å². The van der Waals surface area contributed by atoms with Crippen LogP contribution in [0.2, 0.25) is 0 Å². The lowest BCUT2D eigenvalue weighted by atomic mass is 9.97. The van der Waals surface area contributed by atoms with Gasteiger partial charge < -0.3 is 4.74 Å². The summed E-state index contributed by atoms with van der Waals surface area (Å²) in [5, 5.41) is 0. The number of nitrogens with one attached hydrogen (secondary N) is 1. The number of ether oxygens (including phenoxy) is 1. The van der Waals surface area contributed by atoms with E-state index in [4.69, 9.17) is 4.74 Å². The van der Waals surface area contributed by atoms with Crippen molar-refractivity contribution in [2.45, 2.75) is 6.92 Å². The summed E-state index contributed by atoms with van der Waals surface area (Å²) < 4.78 is 30.5. The van der Waals surface area contributed by atoms with Crippen molar-refractivity contribution in [3.05, 3.63) is 48.8 Å². The number of hydrogen-bond donors (Lipinski definition) is 1. The first kappa shape index (κ1) is 16.0. The number of sulfonamides is 1. The lowest BCUT2D eigenvalue weighted by Crippen LogP contribution is -2.09. The molecule has 1 N–H and O–H groups in total. The molecule has 0 radical (unpaired) electrons. The minimum atomic E-state index is -3.33. The number of hydrogen-bond acceptors (Lipinski definition) is 4. The molecule has 0 amide bonds. The van der Waals surface area contributed by atoms with Crippen molar-refractivity contribution in [1.82, 2.24) is 4.98 Å². The summed E-state index contributed by atoms with van der Waals surface area (Å²) in [6.07, 6.45) is 4.55. The predicted octanol–water partition coefficient (Wildman–Crippen LogP) is 3.16. The molecule has 0 spiro atoms. The van der Waals surface area contributed by atoms with E-state index in [1.165, 1.54) is 0 Å². The first-order valence-electron chi connectivity index (χ1n) is 6.58. The third-order valence-electron chi connectivity index (χ3n) is 3.08. The number of allylic oxidation sites excluding steroid dienone is 1. The second kappa shape index (κ2) is 6.19. The molecule has 0 aliphatic rings. The second-order valence-corrected chi connectivity index (χ2v) is 6.74. The summed E-state index contributed by atoms with van der Waals surface area (Å²) >= 11 is 0. The van der Waals surface area contributed by atoms with Gasteiger partial charge in [-0.2, -0.15) is 0 Å². The van der Waals surface area contributed by atoms with Gasteiger partial charge in [0.25, 0.3) is 0 Å². The first-order chi connectivity index (χ1) is 10.3. The number of benzene rings is 1. The highest BCUT2D eigenvalue weighted by atomic mass is 32.2. The Morgan fingerprint density at radius 2 is 2.00 bits per heavy atom. The normalized spacial score (nSPS) is 11.0. The van der Waals surface area contributed by atoms with Crippen molar-refractivity contribution in [1.29, 1.82) is 0 Å². The number of methoxy groups -OCH3 is 1. The fourth-order valence-corrected chi connectivity index (χ4v) is 2.73. The summed E-state index contributed by atoms with van der Waals surface area (Å²) in [4.78, 5) is 4.15. The smallest absolute Gasteiger partial charge is 0.229 e. The van der Waals surface area contributed by atoms with E-state index in [2.05, 4.69) is 16.3 Å². The van der Waals surface area contributed by atoms with Crippen molar-refractivity contribution in [3.8, 4) is 16.9 Å². The third-order valence-corrected chi connectivity index (χ3v) is 3.68. The van der Waals surface area contributed by atoms with Crippen molar-refractivity contribution < 1.29 is 13.2 Å². The Morgan fingerprint density at radius 1 is 1.27 bits per heavy atom. The highest BCUT2D eigenvalue weighted by Gasteiger charge is 2.13. The molecule has 1 aromatic heterocycles. The van der Waals surface area contributed by atoms with Crippen molar-refractivity contribution in [3.63, 3.8) is 0 Å². The first-order valence-corrected chi connectivity index (χ1v) is 8.47. The standard InChI is InChI=1S/C16H18N2O3S/c1-11(2)13-7-8-17-10-15(13)14-6-5-12(9-16(14)21-3)18-22(4,19)20/h5-10,18H,1H2,2-4H3.